The third-order valence-corrected chi connectivity index (χ3v) is 4.58. The number of hydrazone groups is 1. The van der Waals surface area contributed by atoms with Gasteiger partial charge in [-0.1, -0.05) is 24.3 Å². The van der Waals surface area contributed by atoms with Crippen molar-refractivity contribution in [2.45, 2.75) is 18.7 Å². The number of sulfonamides is 1. The Balaban J connectivity index is 2.22. The molecule has 0 amide bonds. The molecule has 2 aromatic carbocycles. The number of carboxylic acids is 1. The molecule has 0 bridgehead atoms. The summed E-state index contributed by atoms with van der Waals surface area (Å²) < 4.78 is 24.3. The van der Waals surface area contributed by atoms with Crippen molar-refractivity contribution in [3.63, 3.8) is 0 Å². The fourth-order valence-electron chi connectivity index (χ4n) is 1.90. The van der Waals surface area contributed by atoms with Crippen LogP contribution in [0.4, 0.5) is 0 Å². The normalized spacial score (nSPS) is 11.6. The lowest BCUT2D eigenvalue weighted by Crippen LogP contribution is -2.18. The maximum Gasteiger partial charge on any atom is 0.336 e. The first-order chi connectivity index (χ1) is 10.8. The second-order valence-electron chi connectivity index (χ2n) is 4.99. The summed E-state index contributed by atoms with van der Waals surface area (Å²) in [4.78, 5) is 13.3. The van der Waals surface area contributed by atoms with Gasteiger partial charge in [0.05, 0.1) is 16.7 Å². The van der Waals surface area contributed by atoms with Gasteiger partial charge in [0.1, 0.15) is 0 Å². The van der Waals surface area contributed by atoms with Crippen LogP contribution in [0.1, 0.15) is 27.0 Å². The number of hydrogen-bond donors (Lipinski definition) is 2. The van der Waals surface area contributed by atoms with Gasteiger partial charge in [0.15, 0.2) is 0 Å². The molecule has 2 N–H and O–H groups in total. The number of benzene rings is 2. The third kappa shape index (κ3) is 3.95. The van der Waals surface area contributed by atoms with Gasteiger partial charge in [-0.05, 0) is 43.2 Å². The van der Waals surface area contributed by atoms with Crippen LogP contribution in [-0.2, 0) is 10.0 Å². The predicted octanol–water partition coefficient (Wildman–Crippen LogP) is 2.31. The Morgan fingerprint density at radius 2 is 1.83 bits per heavy atom. The van der Waals surface area contributed by atoms with E-state index in [1.165, 1.54) is 24.4 Å². The number of aromatic carboxylic acids is 1. The first-order valence-corrected chi connectivity index (χ1v) is 8.24. The molecule has 0 aliphatic rings. The molecule has 0 aromatic heterocycles. The van der Waals surface area contributed by atoms with Crippen LogP contribution in [0.3, 0.4) is 0 Å². The summed E-state index contributed by atoms with van der Waals surface area (Å²) in [7, 11) is -3.80. The molecule has 0 spiro atoms. The van der Waals surface area contributed by atoms with E-state index >= 15 is 0 Å². The Bertz CT molecular complexity index is 873. The number of carbonyl (C=O) groups is 1. The molecule has 0 fully saturated rings. The van der Waals surface area contributed by atoms with E-state index in [4.69, 9.17) is 5.11 Å². The fraction of sp³-hybridized carbons (Fsp3) is 0.125. The lowest BCUT2D eigenvalue weighted by atomic mass is 10.1. The number of rotatable bonds is 5. The molecular formula is C16H16N2O4S. The lowest BCUT2D eigenvalue weighted by molar-refractivity contribution is 0.0696. The van der Waals surface area contributed by atoms with Gasteiger partial charge in [0.2, 0.25) is 0 Å². The summed E-state index contributed by atoms with van der Waals surface area (Å²) in [6.45, 7) is 3.71. The zero-order valence-electron chi connectivity index (χ0n) is 12.6. The quantitative estimate of drug-likeness (QED) is 0.649. The fourth-order valence-corrected chi connectivity index (χ4v) is 2.78. The molecule has 2 aromatic rings. The van der Waals surface area contributed by atoms with Gasteiger partial charge in [0, 0.05) is 5.56 Å². The lowest BCUT2D eigenvalue weighted by Gasteiger charge is -2.06. The Labute approximate surface area is 134 Å². The van der Waals surface area contributed by atoms with Crippen molar-refractivity contribution in [3.05, 3.63) is 64.7 Å². The van der Waals surface area contributed by atoms with Crippen LogP contribution in [0.15, 0.2) is 52.5 Å². The third-order valence-electron chi connectivity index (χ3n) is 3.36. The summed E-state index contributed by atoms with van der Waals surface area (Å²) in [6, 6.07) is 10.9. The molecule has 23 heavy (non-hydrogen) atoms. The molecule has 0 saturated heterocycles. The van der Waals surface area contributed by atoms with Crippen molar-refractivity contribution in [1.29, 1.82) is 0 Å². The van der Waals surface area contributed by atoms with Gasteiger partial charge in [-0.3, -0.25) is 0 Å². The van der Waals surface area contributed by atoms with Crippen molar-refractivity contribution >= 4 is 22.2 Å². The highest BCUT2D eigenvalue weighted by molar-refractivity contribution is 7.89. The highest BCUT2D eigenvalue weighted by Gasteiger charge is 2.13. The molecular weight excluding hydrogens is 316 g/mol. The van der Waals surface area contributed by atoms with Crippen molar-refractivity contribution in [3.8, 4) is 0 Å². The Hall–Kier alpha value is -2.67. The van der Waals surface area contributed by atoms with Crippen LogP contribution >= 0.6 is 0 Å². The van der Waals surface area contributed by atoms with E-state index in [1.54, 1.807) is 24.3 Å². The molecule has 0 radical (unpaired) electrons. The van der Waals surface area contributed by atoms with Gasteiger partial charge in [-0.15, -0.1) is 0 Å². The molecule has 0 saturated carbocycles. The molecule has 120 valence electrons. The summed E-state index contributed by atoms with van der Waals surface area (Å²) in [6.07, 6.45) is 1.17. The Morgan fingerprint density at radius 3 is 2.48 bits per heavy atom. The number of nitrogens with zero attached hydrogens (tertiary/aromatic N) is 1. The average Bonchev–Trinajstić information content (AvgIpc) is 2.50. The molecule has 6 nitrogen and oxygen atoms in total. The first kappa shape index (κ1) is 16.7. The standard InChI is InChI=1S/C16H16N2O4S/c1-11-7-8-14(9-12(11)2)23(21,22)18-17-10-13-5-3-4-6-15(13)16(19)20/h3-10,18H,1-2H3,(H,19,20)/b17-10+. The molecule has 7 heteroatoms. The van der Waals surface area contributed by atoms with Crippen molar-refractivity contribution in [2.75, 3.05) is 0 Å². The zero-order valence-corrected chi connectivity index (χ0v) is 13.5. The number of aryl methyl sites for hydroxylation is 2. The maximum absolute atomic E-state index is 12.2. The van der Waals surface area contributed by atoms with Crippen LogP contribution in [0.2, 0.25) is 0 Å². The summed E-state index contributed by atoms with van der Waals surface area (Å²) in [5.41, 5.74) is 2.19. The zero-order chi connectivity index (χ0) is 17.0. The van der Waals surface area contributed by atoms with Crippen molar-refractivity contribution in [2.24, 2.45) is 5.10 Å². The second kappa shape index (κ2) is 6.62. The largest absolute Gasteiger partial charge is 0.478 e. The minimum absolute atomic E-state index is 0.0432. The Morgan fingerprint density at radius 1 is 1.13 bits per heavy atom. The average molecular weight is 332 g/mol. The SMILES string of the molecule is Cc1ccc(S(=O)(=O)N/N=C/c2ccccc2C(=O)O)cc1C. The van der Waals surface area contributed by atoms with E-state index in [0.717, 1.165) is 11.1 Å². The molecule has 2 rings (SSSR count). The maximum atomic E-state index is 12.2. The second-order valence-corrected chi connectivity index (χ2v) is 6.65. The van der Waals surface area contributed by atoms with Gasteiger partial charge in [0.25, 0.3) is 10.0 Å². The summed E-state index contributed by atoms with van der Waals surface area (Å²) in [5, 5.41) is 12.7. The summed E-state index contributed by atoms with van der Waals surface area (Å²) in [5.74, 6) is -1.11. The van der Waals surface area contributed by atoms with Crippen LogP contribution in [0.25, 0.3) is 0 Å². The highest BCUT2D eigenvalue weighted by Crippen LogP contribution is 2.14. The minimum atomic E-state index is -3.80. The van der Waals surface area contributed by atoms with E-state index in [0.29, 0.717) is 5.56 Å². The molecule has 0 heterocycles. The van der Waals surface area contributed by atoms with E-state index < -0.39 is 16.0 Å². The van der Waals surface area contributed by atoms with E-state index in [9.17, 15) is 13.2 Å². The van der Waals surface area contributed by atoms with Crippen LogP contribution in [0.5, 0.6) is 0 Å². The molecule has 0 atom stereocenters. The minimum Gasteiger partial charge on any atom is -0.478 e. The van der Waals surface area contributed by atoms with E-state index in [2.05, 4.69) is 9.93 Å². The van der Waals surface area contributed by atoms with Crippen LogP contribution in [0, 0.1) is 13.8 Å². The highest BCUT2D eigenvalue weighted by atomic mass is 32.2. The van der Waals surface area contributed by atoms with Gasteiger partial charge in [-0.2, -0.15) is 13.5 Å². The molecule has 0 unspecified atom stereocenters. The monoisotopic (exact) mass is 332 g/mol. The van der Waals surface area contributed by atoms with E-state index in [1.807, 2.05) is 13.8 Å². The molecule has 0 aliphatic heterocycles. The van der Waals surface area contributed by atoms with Gasteiger partial charge >= 0.3 is 5.97 Å². The molecule has 0 aliphatic carbocycles. The van der Waals surface area contributed by atoms with Crippen LogP contribution in [-0.4, -0.2) is 25.7 Å². The van der Waals surface area contributed by atoms with Crippen molar-refractivity contribution in [1.82, 2.24) is 4.83 Å². The van der Waals surface area contributed by atoms with Crippen LogP contribution < -0.4 is 4.83 Å². The van der Waals surface area contributed by atoms with Gasteiger partial charge < -0.3 is 5.11 Å². The smallest absolute Gasteiger partial charge is 0.336 e. The number of carboxylic acid groups (broad SMARTS) is 1. The Kier molecular flexibility index (Phi) is 4.80. The number of nitrogens with one attached hydrogen (secondary N) is 1. The van der Waals surface area contributed by atoms with Crippen molar-refractivity contribution < 1.29 is 18.3 Å². The first-order valence-electron chi connectivity index (χ1n) is 6.76. The van der Waals surface area contributed by atoms with E-state index in [-0.39, 0.29) is 10.5 Å². The number of hydrogen-bond acceptors (Lipinski definition) is 4. The summed E-state index contributed by atoms with van der Waals surface area (Å²) >= 11 is 0. The topological polar surface area (TPSA) is 95.8 Å². The van der Waals surface area contributed by atoms with Gasteiger partial charge in [-0.25, -0.2) is 9.63 Å². The predicted molar refractivity (Wildman–Crippen MR) is 87.2 cm³/mol.